The maximum Gasteiger partial charge on any atom is 0.419 e. The molecular formula is C12H9F3N2. The van der Waals surface area contributed by atoms with E-state index in [4.69, 9.17) is 0 Å². The van der Waals surface area contributed by atoms with E-state index in [9.17, 15) is 13.2 Å². The summed E-state index contributed by atoms with van der Waals surface area (Å²) in [6.07, 6.45) is -2.81. The van der Waals surface area contributed by atoms with Gasteiger partial charge in [0.2, 0.25) is 0 Å². The molecule has 0 N–H and O–H groups in total. The number of alkyl halides is 3. The van der Waals surface area contributed by atoms with Crippen molar-refractivity contribution in [1.82, 2.24) is 9.97 Å². The first-order chi connectivity index (χ1) is 7.97. The summed E-state index contributed by atoms with van der Waals surface area (Å²) in [5.74, 6) is 0.293. The fourth-order valence-electron chi connectivity index (χ4n) is 1.41. The topological polar surface area (TPSA) is 25.8 Å². The van der Waals surface area contributed by atoms with Crippen LogP contribution in [0.3, 0.4) is 0 Å². The largest absolute Gasteiger partial charge is 0.419 e. The van der Waals surface area contributed by atoms with Crippen molar-refractivity contribution in [3.63, 3.8) is 0 Å². The Hall–Kier alpha value is -1.91. The van der Waals surface area contributed by atoms with Crippen LogP contribution in [0.5, 0.6) is 0 Å². The molecule has 5 heteroatoms. The Morgan fingerprint density at radius 1 is 1.06 bits per heavy atom. The molecule has 17 heavy (non-hydrogen) atoms. The van der Waals surface area contributed by atoms with E-state index in [2.05, 4.69) is 9.97 Å². The van der Waals surface area contributed by atoms with Crippen LogP contribution in [0, 0.1) is 6.92 Å². The van der Waals surface area contributed by atoms with Crippen LogP contribution in [0.2, 0.25) is 0 Å². The number of hydrogen-bond donors (Lipinski definition) is 0. The molecule has 0 fully saturated rings. The maximum atomic E-state index is 12.3. The first kappa shape index (κ1) is 11.6. The lowest BCUT2D eigenvalue weighted by atomic mass is 10.1. The summed E-state index contributed by atoms with van der Waals surface area (Å²) in [6.45, 7) is 1.90. The normalized spacial score (nSPS) is 11.5. The predicted octanol–water partition coefficient (Wildman–Crippen LogP) is 3.47. The molecule has 88 valence electrons. The quantitative estimate of drug-likeness (QED) is 0.760. The zero-order chi connectivity index (χ0) is 12.5. The van der Waals surface area contributed by atoms with Crippen LogP contribution in [0.15, 0.2) is 36.7 Å². The third kappa shape index (κ3) is 2.61. The Morgan fingerprint density at radius 2 is 1.71 bits per heavy atom. The molecule has 2 rings (SSSR count). The summed E-state index contributed by atoms with van der Waals surface area (Å²) in [5.41, 5.74) is 0.874. The Bertz CT molecular complexity index is 518. The number of hydrogen-bond acceptors (Lipinski definition) is 2. The van der Waals surface area contributed by atoms with E-state index in [1.54, 1.807) is 6.07 Å². The number of rotatable bonds is 1. The fraction of sp³-hybridized carbons (Fsp3) is 0.167. The second-order valence-corrected chi connectivity index (χ2v) is 3.66. The molecule has 0 unspecified atom stereocenters. The van der Waals surface area contributed by atoms with Crippen LogP contribution in [-0.2, 0) is 6.18 Å². The summed E-state index contributed by atoms with van der Waals surface area (Å²) in [7, 11) is 0. The average molecular weight is 238 g/mol. The third-order valence-corrected chi connectivity index (χ3v) is 2.26. The Balaban J connectivity index is 2.36. The molecule has 0 radical (unpaired) electrons. The van der Waals surface area contributed by atoms with Gasteiger partial charge in [0.25, 0.3) is 0 Å². The summed E-state index contributed by atoms with van der Waals surface area (Å²) >= 11 is 0. The van der Waals surface area contributed by atoms with Crippen molar-refractivity contribution in [1.29, 1.82) is 0 Å². The zero-order valence-corrected chi connectivity index (χ0v) is 8.99. The van der Waals surface area contributed by atoms with Crippen molar-refractivity contribution in [2.45, 2.75) is 13.1 Å². The van der Waals surface area contributed by atoms with Crippen LogP contribution in [0.1, 0.15) is 11.1 Å². The molecule has 0 bridgehead atoms. The predicted molar refractivity (Wildman–Crippen MR) is 57.2 cm³/mol. The second-order valence-electron chi connectivity index (χ2n) is 3.66. The van der Waals surface area contributed by atoms with Gasteiger partial charge in [-0.3, -0.25) is 0 Å². The number of aryl methyl sites for hydroxylation is 1. The van der Waals surface area contributed by atoms with Gasteiger partial charge in [-0.05, 0) is 13.0 Å². The number of aromatic nitrogens is 2. The van der Waals surface area contributed by atoms with Gasteiger partial charge in [0.15, 0.2) is 5.82 Å². The number of nitrogens with zero attached hydrogens (tertiary/aromatic N) is 2. The molecule has 0 aliphatic heterocycles. The van der Waals surface area contributed by atoms with Crippen LogP contribution in [0.25, 0.3) is 11.4 Å². The highest BCUT2D eigenvalue weighted by molar-refractivity contribution is 5.55. The van der Waals surface area contributed by atoms with Gasteiger partial charge >= 0.3 is 6.18 Å². The minimum Gasteiger partial charge on any atom is -0.236 e. The molecule has 1 heterocycles. The van der Waals surface area contributed by atoms with Crippen LogP contribution in [-0.4, -0.2) is 9.97 Å². The monoisotopic (exact) mass is 238 g/mol. The zero-order valence-electron chi connectivity index (χ0n) is 8.99. The minimum absolute atomic E-state index is 0.293. The number of benzene rings is 1. The van der Waals surface area contributed by atoms with Gasteiger partial charge in [-0.1, -0.05) is 23.8 Å². The highest BCUT2D eigenvalue weighted by Gasteiger charge is 2.31. The molecule has 2 nitrogen and oxygen atoms in total. The van der Waals surface area contributed by atoms with Crippen molar-refractivity contribution in [2.75, 3.05) is 0 Å². The van der Waals surface area contributed by atoms with Crippen molar-refractivity contribution < 1.29 is 13.2 Å². The van der Waals surface area contributed by atoms with Crippen molar-refractivity contribution in [3.8, 4) is 11.4 Å². The van der Waals surface area contributed by atoms with E-state index >= 15 is 0 Å². The van der Waals surface area contributed by atoms with Crippen LogP contribution in [0.4, 0.5) is 13.2 Å². The summed E-state index contributed by atoms with van der Waals surface area (Å²) in [6, 6.07) is 7.29. The Kier molecular flexibility index (Phi) is 2.83. The van der Waals surface area contributed by atoms with Crippen molar-refractivity contribution in [2.24, 2.45) is 0 Å². The lowest BCUT2D eigenvalue weighted by Gasteiger charge is -2.06. The molecule has 1 aromatic heterocycles. The van der Waals surface area contributed by atoms with Gasteiger partial charge in [0, 0.05) is 18.0 Å². The molecule has 1 aromatic carbocycles. The van der Waals surface area contributed by atoms with E-state index in [1.165, 1.54) is 0 Å². The maximum absolute atomic E-state index is 12.3. The van der Waals surface area contributed by atoms with E-state index in [-0.39, 0.29) is 0 Å². The van der Waals surface area contributed by atoms with Gasteiger partial charge < -0.3 is 0 Å². The van der Waals surface area contributed by atoms with Gasteiger partial charge in [-0.25, -0.2) is 9.97 Å². The Morgan fingerprint density at radius 3 is 2.24 bits per heavy atom. The SMILES string of the molecule is Cc1cccc(-c2ncc(C(F)(F)F)cn2)c1. The average Bonchev–Trinajstić information content (AvgIpc) is 2.28. The first-order valence-electron chi connectivity index (χ1n) is 4.93. The molecule has 0 atom stereocenters. The van der Waals surface area contributed by atoms with Gasteiger partial charge in [-0.15, -0.1) is 0 Å². The number of halogens is 3. The van der Waals surface area contributed by atoms with Crippen LogP contribution >= 0.6 is 0 Å². The third-order valence-electron chi connectivity index (χ3n) is 2.26. The molecule has 0 saturated carbocycles. The molecule has 0 amide bonds. The first-order valence-corrected chi connectivity index (χ1v) is 4.93. The molecular weight excluding hydrogens is 229 g/mol. The molecule has 0 saturated heterocycles. The molecule has 2 aromatic rings. The van der Waals surface area contributed by atoms with Crippen molar-refractivity contribution in [3.05, 3.63) is 47.8 Å². The van der Waals surface area contributed by atoms with E-state index in [0.29, 0.717) is 11.4 Å². The lowest BCUT2D eigenvalue weighted by Crippen LogP contribution is -2.06. The molecule has 0 spiro atoms. The van der Waals surface area contributed by atoms with E-state index in [0.717, 1.165) is 18.0 Å². The lowest BCUT2D eigenvalue weighted by molar-refractivity contribution is -0.138. The summed E-state index contributed by atoms with van der Waals surface area (Å²) in [4.78, 5) is 7.45. The second kappa shape index (κ2) is 4.16. The standard InChI is InChI=1S/C12H9F3N2/c1-8-3-2-4-9(5-8)11-16-6-10(7-17-11)12(13,14)15/h2-7H,1H3. The molecule has 0 aliphatic rings. The summed E-state index contributed by atoms with van der Waals surface area (Å²) in [5, 5.41) is 0. The highest BCUT2D eigenvalue weighted by Crippen LogP contribution is 2.28. The van der Waals surface area contributed by atoms with Gasteiger partial charge in [0.1, 0.15) is 0 Å². The van der Waals surface area contributed by atoms with Gasteiger partial charge in [-0.2, -0.15) is 13.2 Å². The van der Waals surface area contributed by atoms with E-state index < -0.39 is 11.7 Å². The Labute approximate surface area is 96.2 Å². The minimum atomic E-state index is -4.40. The smallest absolute Gasteiger partial charge is 0.236 e. The van der Waals surface area contributed by atoms with Crippen LogP contribution < -0.4 is 0 Å². The van der Waals surface area contributed by atoms with Gasteiger partial charge in [0.05, 0.1) is 5.56 Å². The fourth-order valence-corrected chi connectivity index (χ4v) is 1.41. The highest BCUT2D eigenvalue weighted by atomic mass is 19.4. The molecule has 0 aliphatic carbocycles. The van der Waals surface area contributed by atoms with Crippen molar-refractivity contribution >= 4 is 0 Å². The summed E-state index contributed by atoms with van der Waals surface area (Å²) < 4.78 is 36.9. The van der Waals surface area contributed by atoms with E-state index in [1.807, 2.05) is 25.1 Å².